The number of nitrogens with zero attached hydrogens (tertiary/aromatic N) is 4. The summed E-state index contributed by atoms with van der Waals surface area (Å²) in [6, 6.07) is 7.26. The van der Waals surface area contributed by atoms with Crippen LogP contribution in [0.25, 0.3) is 5.69 Å². The molecule has 3 aromatic rings. The third-order valence-electron chi connectivity index (χ3n) is 4.39. The van der Waals surface area contributed by atoms with Gasteiger partial charge in [0, 0.05) is 4.88 Å². The molecular weight excluding hydrogens is 438 g/mol. The molecule has 0 spiro atoms. The molecule has 1 amide bonds. The Bertz CT molecular complexity index is 1060. The van der Waals surface area contributed by atoms with Gasteiger partial charge < -0.3 is 14.8 Å². The number of ether oxygens (including phenoxy) is 2. The van der Waals surface area contributed by atoms with Crippen molar-refractivity contribution in [2.75, 3.05) is 24.8 Å². The molecule has 31 heavy (non-hydrogen) atoms. The molecule has 0 aliphatic carbocycles. The van der Waals surface area contributed by atoms with E-state index in [4.69, 9.17) is 9.47 Å². The number of tetrazole rings is 1. The van der Waals surface area contributed by atoms with Gasteiger partial charge in [0.15, 0.2) is 0 Å². The van der Waals surface area contributed by atoms with E-state index >= 15 is 0 Å². The van der Waals surface area contributed by atoms with Crippen LogP contribution >= 0.6 is 23.1 Å². The molecule has 11 heteroatoms. The van der Waals surface area contributed by atoms with Gasteiger partial charge in [-0.25, -0.2) is 4.79 Å². The lowest BCUT2D eigenvalue weighted by Gasteiger charge is -2.07. The van der Waals surface area contributed by atoms with Crippen LogP contribution in [0.2, 0.25) is 0 Å². The van der Waals surface area contributed by atoms with Crippen LogP contribution in [-0.2, 0) is 16.0 Å². The van der Waals surface area contributed by atoms with Crippen LogP contribution in [0.15, 0.2) is 29.4 Å². The van der Waals surface area contributed by atoms with E-state index < -0.39 is 5.97 Å². The minimum atomic E-state index is -0.428. The lowest BCUT2D eigenvalue weighted by atomic mass is 10.1. The highest BCUT2D eigenvalue weighted by atomic mass is 32.2. The summed E-state index contributed by atoms with van der Waals surface area (Å²) < 4.78 is 11.9. The van der Waals surface area contributed by atoms with E-state index in [0.717, 1.165) is 28.3 Å². The highest BCUT2D eigenvalue weighted by molar-refractivity contribution is 7.99. The number of hydrogen-bond donors (Lipinski definition) is 1. The molecule has 0 fully saturated rings. The first kappa shape index (κ1) is 22.8. The van der Waals surface area contributed by atoms with Gasteiger partial charge >= 0.3 is 5.97 Å². The molecule has 164 valence electrons. The summed E-state index contributed by atoms with van der Waals surface area (Å²) in [5, 5.41) is 15.5. The molecule has 0 aliphatic rings. The fourth-order valence-electron chi connectivity index (χ4n) is 2.88. The minimum Gasteiger partial charge on any atom is -0.497 e. The van der Waals surface area contributed by atoms with Gasteiger partial charge in [-0.15, -0.1) is 16.4 Å². The number of esters is 1. The summed E-state index contributed by atoms with van der Waals surface area (Å²) >= 11 is 2.60. The molecule has 0 saturated heterocycles. The molecule has 2 heterocycles. The van der Waals surface area contributed by atoms with Crippen molar-refractivity contribution in [2.24, 2.45) is 0 Å². The SMILES string of the molecule is CCOC(=O)c1c(NC(=O)CSc2nnnn2-c2ccc(OC)cc2)sc(CC)c1C. The molecule has 0 radical (unpaired) electrons. The number of carbonyl (C=O) groups is 2. The van der Waals surface area contributed by atoms with Crippen LogP contribution in [0.1, 0.15) is 34.6 Å². The van der Waals surface area contributed by atoms with Crippen molar-refractivity contribution in [3.05, 3.63) is 40.3 Å². The average molecular weight is 462 g/mol. The second-order valence-electron chi connectivity index (χ2n) is 6.34. The summed E-state index contributed by atoms with van der Waals surface area (Å²) in [5.41, 5.74) is 2.02. The van der Waals surface area contributed by atoms with Gasteiger partial charge in [-0.1, -0.05) is 18.7 Å². The molecule has 1 aromatic carbocycles. The van der Waals surface area contributed by atoms with Gasteiger partial charge in [0.05, 0.1) is 30.7 Å². The van der Waals surface area contributed by atoms with Crippen molar-refractivity contribution in [2.45, 2.75) is 32.3 Å². The van der Waals surface area contributed by atoms with Gasteiger partial charge in [-0.05, 0) is 60.5 Å². The fourth-order valence-corrected chi connectivity index (χ4v) is 4.72. The largest absolute Gasteiger partial charge is 0.497 e. The number of hydrogen-bond acceptors (Lipinski definition) is 9. The van der Waals surface area contributed by atoms with Crippen LogP contribution in [0, 0.1) is 6.92 Å². The summed E-state index contributed by atoms with van der Waals surface area (Å²) in [7, 11) is 1.60. The van der Waals surface area contributed by atoms with Crippen LogP contribution in [0.4, 0.5) is 5.00 Å². The van der Waals surface area contributed by atoms with E-state index in [2.05, 4.69) is 20.8 Å². The van der Waals surface area contributed by atoms with Crippen LogP contribution in [0.5, 0.6) is 5.75 Å². The van der Waals surface area contributed by atoms with E-state index in [1.54, 1.807) is 30.8 Å². The molecule has 0 saturated carbocycles. The summed E-state index contributed by atoms with van der Waals surface area (Å²) in [5.74, 6) is 0.114. The normalized spacial score (nSPS) is 10.7. The number of aromatic nitrogens is 4. The van der Waals surface area contributed by atoms with Crippen molar-refractivity contribution in [1.29, 1.82) is 0 Å². The first-order chi connectivity index (χ1) is 15.0. The van der Waals surface area contributed by atoms with E-state index in [9.17, 15) is 9.59 Å². The standard InChI is InChI=1S/C20H23N5O4S2/c1-5-15-12(3)17(19(27)29-6-2)18(31-15)21-16(26)11-30-20-22-23-24-25(20)13-7-9-14(28-4)10-8-13/h7-10H,5-6,11H2,1-4H3,(H,21,26). The van der Waals surface area contributed by atoms with E-state index in [-0.39, 0.29) is 18.3 Å². The summed E-state index contributed by atoms with van der Waals surface area (Å²) in [6.45, 7) is 5.90. The Morgan fingerprint density at radius 1 is 1.23 bits per heavy atom. The van der Waals surface area contributed by atoms with Crippen LogP contribution < -0.4 is 10.1 Å². The Kier molecular flexibility index (Phi) is 7.64. The smallest absolute Gasteiger partial charge is 0.341 e. The zero-order valence-electron chi connectivity index (χ0n) is 17.7. The van der Waals surface area contributed by atoms with Gasteiger partial charge in [-0.2, -0.15) is 4.68 Å². The number of aryl methyl sites for hydroxylation is 1. The van der Waals surface area contributed by atoms with E-state index in [0.29, 0.717) is 15.7 Å². The Morgan fingerprint density at radius 3 is 2.61 bits per heavy atom. The Morgan fingerprint density at radius 2 is 1.97 bits per heavy atom. The minimum absolute atomic E-state index is 0.0806. The molecule has 1 N–H and O–H groups in total. The van der Waals surface area contributed by atoms with Crippen molar-refractivity contribution >= 4 is 40.0 Å². The molecular formula is C20H23N5O4S2. The molecule has 0 aliphatic heterocycles. The molecule has 2 aromatic heterocycles. The third-order valence-corrected chi connectivity index (χ3v) is 6.66. The van der Waals surface area contributed by atoms with Gasteiger partial charge in [0.2, 0.25) is 11.1 Å². The van der Waals surface area contributed by atoms with E-state index in [1.165, 1.54) is 23.1 Å². The predicted octanol–water partition coefficient (Wildman–Crippen LogP) is 3.51. The molecule has 0 bridgehead atoms. The van der Waals surface area contributed by atoms with Gasteiger partial charge in [-0.3, -0.25) is 4.79 Å². The number of thiophene rings is 1. The lowest BCUT2D eigenvalue weighted by Crippen LogP contribution is -2.16. The zero-order valence-corrected chi connectivity index (χ0v) is 19.3. The third kappa shape index (κ3) is 5.23. The number of carbonyl (C=O) groups excluding carboxylic acids is 2. The maximum absolute atomic E-state index is 12.6. The predicted molar refractivity (Wildman–Crippen MR) is 119 cm³/mol. The average Bonchev–Trinajstić information content (AvgIpc) is 3.36. The highest BCUT2D eigenvalue weighted by Gasteiger charge is 2.23. The number of benzene rings is 1. The Hall–Kier alpha value is -2.92. The Balaban J connectivity index is 1.70. The second-order valence-corrected chi connectivity index (χ2v) is 8.38. The molecule has 0 unspecified atom stereocenters. The maximum atomic E-state index is 12.6. The van der Waals surface area contributed by atoms with Crippen molar-refractivity contribution in [1.82, 2.24) is 20.2 Å². The fraction of sp³-hybridized carbons (Fsp3) is 0.350. The van der Waals surface area contributed by atoms with Gasteiger partial charge in [0.1, 0.15) is 10.8 Å². The number of anilines is 1. The van der Waals surface area contributed by atoms with Crippen molar-refractivity contribution in [3.8, 4) is 11.4 Å². The summed E-state index contributed by atoms with van der Waals surface area (Å²) in [6.07, 6.45) is 0.768. The maximum Gasteiger partial charge on any atom is 0.341 e. The monoisotopic (exact) mass is 461 g/mol. The van der Waals surface area contributed by atoms with Crippen molar-refractivity contribution in [3.63, 3.8) is 0 Å². The highest BCUT2D eigenvalue weighted by Crippen LogP contribution is 2.34. The number of amides is 1. The second kappa shape index (κ2) is 10.4. The number of methoxy groups -OCH3 is 1. The van der Waals surface area contributed by atoms with Crippen molar-refractivity contribution < 1.29 is 19.1 Å². The molecule has 0 atom stereocenters. The van der Waals surface area contributed by atoms with E-state index in [1.807, 2.05) is 26.0 Å². The molecule has 3 rings (SSSR count). The van der Waals surface area contributed by atoms with Crippen LogP contribution in [-0.4, -0.2) is 51.6 Å². The first-order valence-corrected chi connectivity index (χ1v) is 11.4. The number of rotatable bonds is 9. The lowest BCUT2D eigenvalue weighted by molar-refractivity contribution is -0.113. The first-order valence-electron chi connectivity index (χ1n) is 9.63. The topological polar surface area (TPSA) is 108 Å². The number of nitrogens with one attached hydrogen (secondary N) is 1. The zero-order chi connectivity index (χ0) is 22.4. The Labute approximate surface area is 188 Å². The number of thioether (sulfide) groups is 1. The molecule has 9 nitrogen and oxygen atoms in total. The van der Waals surface area contributed by atoms with Crippen LogP contribution in [0.3, 0.4) is 0 Å². The summed E-state index contributed by atoms with van der Waals surface area (Å²) in [4.78, 5) is 26.0. The van der Waals surface area contributed by atoms with Gasteiger partial charge in [0.25, 0.3) is 0 Å². The quantitative estimate of drug-likeness (QED) is 0.381.